The van der Waals surface area contributed by atoms with Crippen LogP contribution in [0.25, 0.3) is 0 Å². The number of aromatic nitrogens is 3. The molecule has 1 aromatic heterocycles. The Labute approximate surface area is 144 Å². The molecule has 0 spiro atoms. The normalized spacial score (nSPS) is 28.4. The van der Waals surface area contributed by atoms with Crippen LogP contribution < -0.4 is 5.73 Å². The molecule has 8 nitrogen and oxygen atoms in total. The van der Waals surface area contributed by atoms with Gasteiger partial charge in [0.05, 0.1) is 12.7 Å². The van der Waals surface area contributed by atoms with Gasteiger partial charge in [-0.15, -0.1) is 5.10 Å². The van der Waals surface area contributed by atoms with Crippen molar-refractivity contribution in [1.29, 1.82) is 0 Å². The van der Waals surface area contributed by atoms with Gasteiger partial charge < -0.3 is 15.0 Å². The summed E-state index contributed by atoms with van der Waals surface area (Å²) in [6.45, 7) is 13.2. The minimum atomic E-state index is -0.636. The standard InChI is InChI=1S/C15H28N5O3P/c1-6-19(7-2)24(5)22-8-12-10(3)11(4)15(23-12)20-9-17-14(18-20)13(16)21/h9-12,15H,6-8H2,1-5H3,(H2,16,21)/t10?,11?,12-,15-,24?/m1/s1. The van der Waals surface area contributed by atoms with Gasteiger partial charge in [-0.3, -0.25) is 9.46 Å². The number of carbonyl (C=O) groups is 1. The first-order valence-electron chi connectivity index (χ1n) is 8.36. The zero-order valence-electron chi connectivity index (χ0n) is 15.0. The van der Waals surface area contributed by atoms with Gasteiger partial charge in [-0.2, -0.15) is 0 Å². The molecule has 1 aliphatic rings. The third kappa shape index (κ3) is 4.11. The number of primary amides is 1. The molecule has 2 heterocycles. The van der Waals surface area contributed by atoms with Crippen molar-refractivity contribution in [2.24, 2.45) is 17.6 Å². The molecule has 1 saturated heterocycles. The Morgan fingerprint density at radius 1 is 1.42 bits per heavy atom. The van der Waals surface area contributed by atoms with E-state index in [1.807, 2.05) is 0 Å². The summed E-state index contributed by atoms with van der Waals surface area (Å²) >= 11 is 0. The van der Waals surface area contributed by atoms with E-state index in [4.69, 9.17) is 15.0 Å². The molecule has 2 rings (SSSR count). The first-order valence-corrected chi connectivity index (χ1v) is 10.0. The SMILES string of the molecule is CCN(CC)P(C)OC[C@H]1O[C@@H](n2cnc(C(N)=O)n2)C(C)C1C. The van der Waals surface area contributed by atoms with Crippen molar-refractivity contribution in [1.82, 2.24) is 19.4 Å². The summed E-state index contributed by atoms with van der Waals surface area (Å²) < 4.78 is 16.1. The molecule has 5 atom stereocenters. The maximum absolute atomic E-state index is 11.2. The molecule has 1 fully saturated rings. The average molecular weight is 357 g/mol. The molecule has 9 heteroatoms. The highest BCUT2D eigenvalue weighted by Gasteiger charge is 2.41. The van der Waals surface area contributed by atoms with Crippen molar-refractivity contribution in [3.8, 4) is 0 Å². The average Bonchev–Trinajstić information content (AvgIpc) is 3.14. The lowest BCUT2D eigenvalue weighted by atomic mass is 9.93. The topological polar surface area (TPSA) is 95.5 Å². The molecule has 3 unspecified atom stereocenters. The molecular formula is C15H28N5O3P. The van der Waals surface area contributed by atoms with E-state index in [0.29, 0.717) is 12.5 Å². The second kappa shape index (κ2) is 8.34. The van der Waals surface area contributed by atoms with Gasteiger partial charge in [-0.05, 0) is 12.6 Å². The molecular weight excluding hydrogens is 329 g/mol. The Balaban J connectivity index is 1.97. The van der Waals surface area contributed by atoms with Crippen molar-refractivity contribution >= 4 is 14.2 Å². The summed E-state index contributed by atoms with van der Waals surface area (Å²) in [6, 6.07) is 0. The van der Waals surface area contributed by atoms with Crippen molar-refractivity contribution < 1.29 is 14.1 Å². The zero-order chi connectivity index (χ0) is 17.9. The Bertz CT molecular complexity index is 551. The summed E-state index contributed by atoms with van der Waals surface area (Å²) in [5, 5.41) is 4.12. The van der Waals surface area contributed by atoms with Crippen LogP contribution in [0, 0.1) is 11.8 Å². The van der Waals surface area contributed by atoms with E-state index in [0.717, 1.165) is 13.1 Å². The Morgan fingerprint density at radius 2 is 2.08 bits per heavy atom. The summed E-state index contributed by atoms with van der Waals surface area (Å²) in [5.41, 5.74) is 5.21. The Kier molecular flexibility index (Phi) is 6.69. The van der Waals surface area contributed by atoms with Gasteiger partial charge in [0.2, 0.25) is 5.82 Å². The van der Waals surface area contributed by atoms with E-state index in [-0.39, 0.29) is 24.1 Å². The smallest absolute Gasteiger partial charge is 0.288 e. The largest absolute Gasteiger partial charge is 0.363 e. The van der Waals surface area contributed by atoms with Crippen LogP contribution in [0.4, 0.5) is 0 Å². The van der Waals surface area contributed by atoms with Crippen LogP contribution in [0.3, 0.4) is 0 Å². The van der Waals surface area contributed by atoms with Gasteiger partial charge in [0.1, 0.15) is 14.6 Å². The van der Waals surface area contributed by atoms with E-state index < -0.39 is 14.2 Å². The van der Waals surface area contributed by atoms with Crippen LogP contribution in [0.1, 0.15) is 44.5 Å². The molecule has 0 saturated carbocycles. The summed E-state index contributed by atoms with van der Waals surface area (Å²) in [5.74, 6) is -0.0751. The van der Waals surface area contributed by atoms with Crippen LogP contribution in [-0.4, -0.2) is 57.8 Å². The number of nitrogens with zero attached hydrogens (tertiary/aromatic N) is 4. The monoisotopic (exact) mass is 357 g/mol. The molecule has 0 radical (unpaired) electrons. The van der Waals surface area contributed by atoms with Gasteiger partial charge in [0.15, 0.2) is 6.23 Å². The fourth-order valence-electron chi connectivity index (χ4n) is 2.91. The minimum Gasteiger partial charge on any atom is -0.363 e. The zero-order valence-corrected chi connectivity index (χ0v) is 15.9. The molecule has 0 bridgehead atoms. The summed E-state index contributed by atoms with van der Waals surface area (Å²) in [6.07, 6.45) is 1.23. The van der Waals surface area contributed by atoms with E-state index in [2.05, 4.69) is 49.1 Å². The number of carbonyl (C=O) groups excluding carboxylic acids is 1. The maximum Gasteiger partial charge on any atom is 0.288 e. The number of hydrogen-bond acceptors (Lipinski definition) is 6. The van der Waals surface area contributed by atoms with E-state index >= 15 is 0 Å². The number of amides is 1. The predicted octanol–water partition coefficient (Wildman–Crippen LogP) is 1.85. The lowest BCUT2D eigenvalue weighted by molar-refractivity contribution is -0.0365. The highest BCUT2D eigenvalue weighted by atomic mass is 31.2. The third-order valence-corrected chi connectivity index (χ3v) is 6.61. The molecule has 136 valence electrons. The third-order valence-electron chi connectivity index (χ3n) is 4.72. The second-order valence-corrected chi connectivity index (χ2v) is 7.85. The fraction of sp³-hybridized carbons (Fsp3) is 0.800. The molecule has 2 N–H and O–H groups in total. The van der Waals surface area contributed by atoms with Crippen molar-refractivity contribution in [3.63, 3.8) is 0 Å². The Morgan fingerprint density at radius 3 is 2.62 bits per heavy atom. The van der Waals surface area contributed by atoms with E-state index in [1.165, 1.54) is 6.33 Å². The van der Waals surface area contributed by atoms with E-state index in [1.54, 1.807) is 4.68 Å². The molecule has 0 aliphatic carbocycles. The quantitative estimate of drug-likeness (QED) is 0.714. The molecule has 1 amide bonds. The molecule has 1 aromatic rings. The number of ether oxygens (including phenoxy) is 1. The highest BCUT2D eigenvalue weighted by molar-refractivity contribution is 7.49. The number of hydrogen-bond donors (Lipinski definition) is 1. The Hall–Kier alpha value is -1.08. The fourth-order valence-corrected chi connectivity index (χ4v) is 4.24. The van der Waals surface area contributed by atoms with Crippen molar-refractivity contribution in [2.75, 3.05) is 26.4 Å². The highest BCUT2D eigenvalue weighted by Crippen LogP contribution is 2.42. The van der Waals surface area contributed by atoms with Gasteiger partial charge in [-0.25, -0.2) is 9.67 Å². The molecule has 24 heavy (non-hydrogen) atoms. The first-order chi connectivity index (χ1) is 11.4. The number of rotatable bonds is 8. The first kappa shape index (κ1) is 19.2. The van der Waals surface area contributed by atoms with Crippen LogP contribution >= 0.6 is 8.30 Å². The van der Waals surface area contributed by atoms with Crippen LogP contribution in [-0.2, 0) is 9.26 Å². The minimum absolute atomic E-state index is 0.00765. The second-order valence-electron chi connectivity index (χ2n) is 6.09. The van der Waals surface area contributed by atoms with Gasteiger partial charge >= 0.3 is 0 Å². The summed E-state index contributed by atoms with van der Waals surface area (Å²) in [7, 11) is -0.609. The van der Waals surface area contributed by atoms with Gasteiger partial charge in [-0.1, -0.05) is 27.7 Å². The lowest BCUT2D eigenvalue weighted by Gasteiger charge is -2.27. The molecule has 1 aliphatic heterocycles. The summed E-state index contributed by atoms with van der Waals surface area (Å²) in [4.78, 5) is 15.1. The number of nitrogens with two attached hydrogens (primary N) is 1. The lowest BCUT2D eigenvalue weighted by Crippen LogP contribution is -2.24. The maximum atomic E-state index is 11.2. The van der Waals surface area contributed by atoms with Crippen LogP contribution in [0.2, 0.25) is 0 Å². The van der Waals surface area contributed by atoms with E-state index in [9.17, 15) is 4.79 Å². The van der Waals surface area contributed by atoms with Crippen LogP contribution in [0.5, 0.6) is 0 Å². The van der Waals surface area contributed by atoms with Gasteiger partial charge in [0.25, 0.3) is 5.91 Å². The van der Waals surface area contributed by atoms with Crippen molar-refractivity contribution in [2.45, 2.75) is 40.0 Å². The molecule has 0 aromatic carbocycles. The van der Waals surface area contributed by atoms with Crippen LogP contribution in [0.15, 0.2) is 6.33 Å². The predicted molar refractivity (Wildman–Crippen MR) is 92.5 cm³/mol. The van der Waals surface area contributed by atoms with Crippen molar-refractivity contribution in [3.05, 3.63) is 12.2 Å². The van der Waals surface area contributed by atoms with Gasteiger partial charge in [0, 0.05) is 19.0 Å².